The molecule has 0 amide bonds. The number of benzene rings is 2. The van der Waals surface area contributed by atoms with Crippen LogP contribution in [-0.2, 0) is 0 Å². The Morgan fingerprint density at radius 3 is 1.81 bits per heavy atom. The molecule has 0 aromatic heterocycles. The van der Waals surface area contributed by atoms with E-state index in [2.05, 4.69) is 72.9 Å². The summed E-state index contributed by atoms with van der Waals surface area (Å²) >= 11 is 0. The van der Waals surface area contributed by atoms with E-state index in [0.29, 0.717) is 5.92 Å². The fourth-order valence-corrected chi connectivity index (χ4v) is 2.63. The Morgan fingerprint density at radius 1 is 0.810 bits per heavy atom. The van der Waals surface area contributed by atoms with Crippen molar-refractivity contribution in [3.63, 3.8) is 0 Å². The zero-order valence-electron chi connectivity index (χ0n) is 12.8. The van der Waals surface area contributed by atoms with E-state index < -0.39 is 0 Å². The summed E-state index contributed by atoms with van der Waals surface area (Å²) in [5.41, 5.74) is 2.85. The first-order chi connectivity index (χ1) is 9.92. The van der Waals surface area contributed by atoms with Crippen LogP contribution in [0.5, 0.6) is 0 Å². The fraction of sp³-hybridized carbons (Fsp3) is 0.368. The van der Waals surface area contributed by atoms with Gasteiger partial charge in [-0.2, -0.15) is 0 Å². The van der Waals surface area contributed by atoms with Gasteiger partial charge in [-0.05, 0) is 43.5 Å². The molecule has 2 aromatic carbocycles. The first-order valence-corrected chi connectivity index (χ1v) is 7.72. The summed E-state index contributed by atoms with van der Waals surface area (Å²) in [5, 5.41) is 3.49. The summed E-state index contributed by atoms with van der Waals surface area (Å²) in [7, 11) is 0. The van der Waals surface area contributed by atoms with E-state index in [1.165, 1.54) is 30.4 Å². The maximum absolute atomic E-state index is 3.49. The first-order valence-electron chi connectivity index (χ1n) is 7.72. The van der Waals surface area contributed by atoms with Crippen LogP contribution in [0, 0.1) is 0 Å². The number of hydrogen-bond donors (Lipinski definition) is 1. The van der Waals surface area contributed by atoms with Crippen LogP contribution in [0.2, 0.25) is 0 Å². The Kier molecular flexibility index (Phi) is 9.35. The molecule has 2 aromatic rings. The quantitative estimate of drug-likeness (QED) is 0.478. The first kappa shape index (κ1) is 18.2. The molecule has 0 atom stereocenters. The molecular weight excluding hydrogens is 369 g/mol. The van der Waals surface area contributed by atoms with Crippen molar-refractivity contribution in [3.05, 3.63) is 71.8 Å². The molecule has 1 N–H and O–H groups in total. The van der Waals surface area contributed by atoms with Crippen molar-refractivity contribution in [1.29, 1.82) is 0 Å². The summed E-state index contributed by atoms with van der Waals surface area (Å²) in [6, 6.07) is 21.7. The lowest BCUT2D eigenvalue weighted by Gasteiger charge is -2.18. The van der Waals surface area contributed by atoms with Crippen molar-refractivity contribution in [2.75, 3.05) is 13.1 Å². The Hall–Kier alpha value is -0.870. The molecule has 0 aliphatic heterocycles. The van der Waals surface area contributed by atoms with Crippen LogP contribution >= 0.6 is 24.0 Å². The third-order valence-corrected chi connectivity index (χ3v) is 3.68. The lowest BCUT2D eigenvalue weighted by Crippen LogP contribution is -2.16. The molecule has 0 fully saturated rings. The molecule has 2 rings (SSSR count). The second-order valence-corrected chi connectivity index (χ2v) is 5.27. The highest BCUT2D eigenvalue weighted by Gasteiger charge is 2.12. The molecule has 0 spiro atoms. The predicted molar refractivity (Wildman–Crippen MR) is 103 cm³/mol. The van der Waals surface area contributed by atoms with Gasteiger partial charge < -0.3 is 5.32 Å². The summed E-state index contributed by atoms with van der Waals surface area (Å²) in [6.07, 6.45) is 3.62. The van der Waals surface area contributed by atoms with Crippen LogP contribution in [-0.4, -0.2) is 13.1 Å². The molecule has 0 saturated heterocycles. The van der Waals surface area contributed by atoms with Crippen LogP contribution in [0.3, 0.4) is 0 Å². The SMILES string of the molecule is CCCNCCCC(c1ccccc1)c1ccccc1.I. The van der Waals surface area contributed by atoms with Crippen LogP contribution < -0.4 is 5.32 Å². The zero-order valence-corrected chi connectivity index (χ0v) is 15.1. The van der Waals surface area contributed by atoms with Gasteiger partial charge in [-0.3, -0.25) is 0 Å². The maximum Gasteiger partial charge on any atom is 0.00898 e. The van der Waals surface area contributed by atoms with Gasteiger partial charge in [-0.15, -0.1) is 24.0 Å². The smallest absolute Gasteiger partial charge is 0.00898 e. The molecule has 0 aliphatic carbocycles. The van der Waals surface area contributed by atoms with Gasteiger partial charge in [0, 0.05) is 5.92 Å². The molecule has 2 heteroatoms. The topological polar surface area (TPSA) is 12.0 Å². The molecular formula is C19H26IN. The lowest BCUT2D eigenvalue weighted by atomic mass is 9.87. The van der Waals surface area contributed by atoms with Crippen LogP contribution in [0.1, 0.15) is 43.2 Å². The van der Waals surface area contributed by atoms with Crippen molar-refractivity contribution < 1.29 is 0 Å². The molecule has 0 radical (unpaired) electrons. The van der Waals surface area contributed by atoms with Crippen LogP contribution in [0.4, 0.5) is 0 Å². The van der Waals surface area contributed by atoms with E-state index in [4.69, 9.17) is 0 Å². The molecule has 0 unspecified atom stereocenters. The van der Waals surface area contributed by atoms with Crippen molar-refractivity contribution in [3.8, 4) is 0 Å². The normalized spacial score (nSPS) is 10.4. The van der Waals surface area contributed by atoms with Gasteiger partial charge in [-0.25, -0.2) is 0 Å². The van der Waals surface area contributed by atoms with Crippen LogP contribution in [0.25, 0.3) is 0 Å². The molecule has 21 heavy (non-hydrogen) atoms. The summed E-state index contributed by atoms with van der Waals surface area (Å²) < 4.78 is 0. The number of nitrogens with one attached hydrogen (secondary N) is 1. The Bertz CT molecular complexity index is 430. The molecule has 0 heterocycles. The third-order valence-electron chi connectivity index (χ3n) is 3.68. The molecule has 1 nitrogen and oxygen atoms in total. The minimum absolute atomic E-state index is 0. The average molecular weight is 395 g/mol. The molecule has 0 aliphatic rings. The monoisotopic (exact) mass is 395 g/mol. The third kappa shape index (κ3) is 6.18. The number of hydrogen-bond acceptors (Lipinski definition) is 1. The largest absolute Gasteiger partial charge is 0.317 e. The second kappa shape index (κ2) is 10.8. The Morgan fingerprint density at radius 2 is 1.33 bits per heavy atom. The van der Waals surface area contributed by atoms with Crippen LogP contribution in [0.15, 0.2) is 60.7 Å². The van der Waals surface area contributed by atoms with Gasteiger partial charge in [-0.1, -0.05) is 67.6 Å². The average Bonchev–Trinajstić information content (AvgIpc) is 2.53. The number of rotatable bonds is 8. The van der Waals surface area contributed by atoms with Gasteiger partial charge in [0.2, 0.25) is 0 Å². The van der Waals surface area contributed by atoms with Gasteiger partial charge in [0.1, 0.15) is 0 Å². The molecule has 114 valence electrons. The fourth-order valence-electron chi connectivity index (χ4n) is 2.63. The van der Waals surface area contributed by atoms with E-state index in [1.54, 1.807) is 0 Å². The Labute approximate surface area is 146 Å². The second-order valence-electron chi connectivity index (χ2n) is 5.27. The summed E-state index contributed by atoms with van der Waals surface area (Å²) in [6.45, 7) is 4.45. The predicted octanol–water partition coefficient (Wildman–Crippen LogP) is 5.22. The van der Waals surface area contributed by atoms with E-state index >= 15 is 0 Å². The minimum Gasteiger partial charge on any atom is -0.317 e. The standard InChI is InChI=1S/C19H25N.HI/c1-2-15-20-16-9-14-19(17-10-5-3-6-11-17)18-12-7-4-8-13-18;/h3-8,10-13,19-20H,2,9,14-16H2,1H3;1H. The van der Waals surface area contributed by atoms with Gasteiger partial charge in [0.15, 0.2) is 0 Å². The van der Waals surface area contributed by atoms with Gasteiger partial charge in [0.25, 0.3) is 0 Å². The molecule has 0 saturated carbocycles. The molecule has 0 bridgehead atoms. The number of halogens is 1. The maximum atomic E-state index is 3.49. The van der Waals surface area contributed by atoms with E-state index in [1.807, 2.05) is 0 Å². The van der Waals surface area contributed by atoms with E-state index in [0.717, 1.165) is 13.1 Å². The van der Waals surface area contributed by atoms with Gasteiger partial charge >= 0.3 is 0 Å². The van der Waals surface area contributed by atoms with Gasteiger partial charge in [0.05, 0.1) is 0 Å². The zero-order chi connectivity index (χ0) is 14.0. The summed E-state index contributed by atoms with van der Waals surface area (Å²) in [5.74, 6) is 0.515. The van der Waals surface area contributed by atoms with E-state index in [9.17, 15) is 0 Å². The van der Waals surface area contributed by atoms with Crippen molar-refractivity contribution >= 4 is 24.0 Å². The van der Waals surface area contributed by atoms with Crippen molar-refractivity contribution in [2.45, 2.75) is 32.1 Å². The highest BCUT2D eigenvalue weighted by Crippen LogP contribution is 2.28. The lowest BCUT2D eigenvalue weighted by molar-refractivity contribution is 0.590. The highest BCUT2D eigenvalue weighted by atomic mass is 127. The van der Waals surface area contributed by atoms with Crippen molar-refractivity contribution in [1.82, 2.24) is 5.32 Å². The highest BCUT2D eigenvalue weighted by molar-refractivity contribution is 14.0. The summed E-state index contributed by atoms with van der Waals surface area (Å²) in [4.78, 5) is 0. The Balaban J connectivity index is 0.00000220. The minimum atomic E-state index is 0. The van der Waals surface area contributed by atoms with Crippen molar-refractivity contribution in [2.24, 2.45) is 0 Å². The van der Waals surface area contributed by atoms with E-state index in [-0.39, 0.29) is 24.0 Å².